The summed E-state index contributed by atoms with van der Waals surface area (Å²) in [5.74, 6) is 1.94. The predicted octanol–water partition coefficient (Wildman–Crippen LogP) is 4.95. The summed E-state index contributed by atoms with van der Waals surface area (Å²) in [6.07, 6.45) is 8.01. The van der Waals surface area contributed by atoms with Gasteiger partial charge in [0.1, 0.15) is 17.7 Å². The molecule has 0 spiro atoms. The first-order chi connectivity index (χ1) is 13.2. The lowest BCUT2D eigenvalue weighted by Gasteiger charge is -2.12. The summed E-state index contributed by atoms with van der Waals surface area (Å²) in [5, 5.41) is 7.41. The van der Waals surface area contributed by atoms with Crippen molar-refractivity contribution in [1.82, 2.24) is 10.5 Å². The van der Waals surface area contributed by atoms with Crippen LogP contribution in [0.3, 0.4) is 0 Å². The molecule has 1 aromatic heterocycles. The van der Waals surface area contributed by atoms with E-state index in [1.54, 1.807) is 0 Å². The zero-order valence-electron chi connectivity index (χ0n) is 16.6. The summed E-state index contributed by atoms with van der Waals surface area (Å²) in [7, 11) is 0. The highest BCUT2D eigenvalue weighted by atomic mass is 16.5. The number of nitrogens with zero attached hydrogens (tertiary/aromatic N) is 1. The maximum absolute atomic E-state index is 5.86. The number of rotatable bonds is 11. The molecule has 2 atom stereocenters. The number of aryl methyl sites for hydroxylation is 2. The van der Waals surface area contributed by atoms with Crippen LogP contribution in [0, 0.1) is 6.92 Å². The van der Waals surface area contributed by atoms with Crippen LogP contribution in [0.2, 0.25) is 0 Å². The molecule has 0 aliphatic carbocycles. The topological polar surface area (TPSA) is 56.5 Å². The molecule has 148 valence electrons. The van der Waals surface area contributed by atoms with E-state index in [0.717, 1.165) is 56.1 Å². The molecule has 0 radical (unpaired) electrons. The van der Waals surface area contributed by atoms with Gasteiger partial charge in [-0.15, -0.1) is 0 Å². The summed E-state index contributed by atoms with van der Waals surface area (Å²) >= 11 is 0. The summed E-state index contributed by atoms with van der Waals surface area (Å²) < 4.78 is 16.9. The Morgan fingerprint density at radius 3 is 2.59 bits per heavy atom. The van der Waals surface area contributed by atoms with E-state index in [4.69, 9.17) is 14.0 Å². The number of unbranched alkanes of at least 4 members (excludes halogenated alkanes) is 4. The highest BCUT2D eigenvalue weighted by molar-refractivity contribution is 5.28. The molecular weight excluding hydrogens is 340 g/mol. The van der Waals surface area contributed by atoms with Crippen LogP contribution in [0.5, 0.6) is 5.75 Å². The molecule has 5 nitrogen and oxygen atoms in total. The van der Waals surface area contributed by atoms with Crippen LogP contribution in [0.25, 0.3) is 0 Å². The van der Waals surface area contributed by atoms with Gasteiger partial charge >= 0.3 is 0 Å². The molecular formula is C22H32N2O3. The lowest BCUT2D eigenvalue weighted by atomic mass is 10.1. The number of nitrogens with one attached hydrogen (secondary N) is 1. The second-order valence-corrected chi connectivity index (χ2v) is 7.36. The zero-order chi connectivity index (χ0) is 18.9. The number of benzene rings is 1. The first-order valence-electron chi connectivity index (χ1n) is 10.3. The van der Waals surface area contributed by atoms with E-state index in [2.05, 4.69) is 29.5 Å². The monoisotopic (exact) mass is 372 g/mol. The minimum absolute atomic E-state index is 0.0184. The Morgan fingerprint density at radius 1 is 1.11 bits per heavy atom. The van der Waals surface area contributed by atoms with Crippen molar-refractivity contribution in [1.29, 1.82) is 0 Å². The minimum Gasteiger partial charge on any atom is -0.494 e. The predicted molar refractivity (Wildman–Crippen MR) is 106 cm³/mol. The number of hydrogen-bond donors (Lipinski definition) is 1. The molecule has 1 N–H and O–H groups in total. The number of aromatic nitrogens is 1. The molecule has 1 unspecified atom stereocenters. The van der Waals surface area contributed by atoms with E-state index in [9.17, 15) is 0 Å². The Bertz CT molecular complexity index is 668. The minimum atomic E-state index is 0.0184. The van der Waals surface area contributed by atoms with Crippen molar-refractivity contribution >= 4 is 0 Å². The van der Waals surface area contributed by atoms with Gasteiger partial charge in [-0.3, -0.25) is 5.32 Å². The fourth-order valence-electron chi connectivity index (χ4n) is 3.35. The third-order valence-electron chi connectivity index (χ3n) is 5.04. The van der Waals surface area contributed by atoms with Crippen molar-refractivity contribution in [2.75, 3.05) is 13.2 Å². The van der Waals surface area contributed by atoms with Gasteiger partial charge < -0.3 is 14.0 Å². The average molecular weight is 373 g/mol. The van der Waals surface area contributed by atoms with Crippen LogP contribution in [0.15, 0.2) is 34.9 Å². The standard InChI is InChI=1S/C22H32N2O3/c1-3-19-16-26-22(23-19)18-10-12-20(13-11-18)25-14-8-6-4-5-7-9-21-15-17(2)24-27-21/h10-13,15,19,22-23H,3-9,14,16H2,1-2H3/t19-,22?/m0/s1. The van der Waals surface area contributed by atoms with Crippen molar-refractivity contribution < 1.29 is 14.0 Å². The molecule has 1 aromatic carbocycles. The molecule has 0 bridgehead atoms. The molecule has 0 amide bonds. The largest absolute Gasteiger partial charge is 0.494 e. The van der Waals surface area contributed by atoms with Crippen molar-refractivity contribution in [3.8, 4) is 5.75 Å². The molecule has 1 saturated heterocycles. The molecule has 1 fully saturated rings. The first-order valence-corrected chi connectivity index (χ1v) is 10.3. The Hall–Kier alpha value is -1.85. The summed E-state index contributed by atoms with van der Waals surface area (Å²) in [6, 6.07) is 10.8. The third-order valence-corrected chi connectivity index (χ3v) is 5.04. The van der Waals surface area contributed by atoms with Crippen LogP contribution >= 0.6 is 0 Å². The van der Waals surface area contributed by atoms with Gasteiger partial charge in [0.25, 0.3) is 0 Å². The normalized spacial score (nSPS) is 19.5. The van der Waals surface area contributed by atoms with Gasteiger partial charge in [0.15, 0.2) is 0 Å². The molecule has 3 rings (SSSR count). The molecule has 2 heterocycles. The summed E-state index contributed by atoms with van der Waals surface area (Å²) in [6.45, 7) is 5.70. The van der Waals surface area contributed by atoms with Crippen LogP contribution in [-0.2, 0) is 11.2 Å². The molecule has 27 heavy (non-hydrogen) atoms. The molecule has 1 aliphatic rings. The fraction of sp³-hybridized carbons (Fsp3) is 0.591. The molecule has 0 saturated carbocycles. The van der Waals surface area contributed by atoms with Crippen LogP contribution < -0.4 is 10.1 Å². The lowest BCUT2D eigenvalue weighted by Crippen LogP contribution is -2.24. The van der Waals surface area contributed by atoms with E-state index < -0.39 is 0 Å². The smallest absolute Gasteiger partial charge is 0.136 e. The lowest BCUT2D eigenvalue weighted by molar-refractivity contribution is 0.101. The van der Waals surface area contributed by atoms with E-state index in [1.807, 2.05) is 25.1 Å². The Morgan fingerprint density at radius 2 is 1.89 bits per heavy atom. The third kappa shape index (κ3) is 6.36. The Balaban J connectivity index is 1.24. The summed E-state index contributed by atoms with van der Waals surface area (Å²) in [4.78, 5) is 0. The van der Waals surface area contributed by atoms with Gasteiger partial charge in [-0.2, -0.15) is 0 Å². The highest BCUT2D eigenvalue weighted by Gasteiger charge is 2.23. The second-order valence-electron chi connectivity index (χ2n) is 7.36. The van der Waals surface area contributed by atoms with Gasteiger partial charge in [0.2, 0.25) is 0 Å². The van der Waals surface area contributed by atoms with Crippen molar-refractivity contribution in [3.05, 3.63) is 47.3 Å². The first kappa shape index (κ1) is 19.9. The maximum atomic E-state index is 5.86. The highest BCUT2D eigenvalue weighted by Crippen LogP contribution is 2.24. The van der Waals surface area contributed by atoms with Gasteiger partial charge in [0, 0.05) is 18.5 Å². The van der Waals surface area contributed by atoms with Gasteiger partial charge in [-0.25, -0.2) is 0 Å². The Labute approximate surface area is 162 Å². The van der Waals surface area contributed by atoms with Crippen molar-refractivity contribution in [2.24, 2.45) is 0 Å². The molecule has 1 aliphatic heterocycles. The fourth-order valence-corrected chi connectivity index (χ4v) is 3.35. The summed E-state index contributed by atoms with van der Waals surface area (Å²) in [5.41, 5.74) is 2.13. The van der Waals surface area contributed by atoms with Crippen molar-refractivity contribution in [3.63, 3.8) is 0 Å². The van der Waals surface area contributed by atoms with Crippen LogP contribution in [-0.4, -0.2) is 24.4 Å². The van der Waals surface area contributed by atoms with Crippen LogP contribution in [0.1, 0.15) is 68.7 Å². The average Bonchev–Trinajstić information content (AvgIpc) is 3.33. The quantitative estimate of drug-likeness (QED) is 0.566. The van der Waals surface area contributed by atoms with Gasteiger partial charge in [0.05, 0.1) is 18.9 Å². The number of ether oxygens (including phenoxy) is 2. The van der Waals surface area contributed by atoms with Crippen LogP contribution in [0.4, 0.5) is 0 Å². The molecule has 2 aromatic rings. The second kappa shape index (κ2) is 10.5. The number of hydrogen-bond acceptors (Lipinski definition) is 5. The van der Waals surface area contributed by atoms with E-state index in [0.29, 0.717) is 6.04 Å². The zero-order valence-corrected chi connectivity index (χ0v) is 16.6. The SMILES string of the molecule is CC[C@H]1COC(c2ccc(OCCCCCCCc3cc(C)no3)cc2)N1. The Kier molecular flexibility index (Phi) is 7.72. The van der Waals surface area contributed by atoms with Gasteiger partial charge in [-0.05, 0) is 43.9 Å². The molecule has 5 heteroatoms. The van der Waals surface area contributed by atoms with Crippen molar-refractivity contribution in [2.45, 2.75) is 71.1 Å². The maximum Gasteiger partial charge on any atom is 0.136 e. The van der Waals surface area contributed by atoms with Gasteiger partial charge in [-0.1, -0.05) is 43.5 Å². The van der Waals surface area contributed by atoms with E-state index in [-0.39, 0.29) is 6.23 Å². The van der Waals surface area contributed by atoms with E-state index >= 15 is 0 Å². The van der Waals surface area contributed by atoms with E-state index in [1.165, 1.54) is 24.8 Å².